The number of ketones is 1. The molecule has 0 aliphatic carbocycles. The van der Waals surface area contributed by atoms with Crippen molar-refractivity contribution in [1.82, 2.24) is 28.2 Å². The highest BCUT2D eigenvalue weighted by Crippen LogP contribution is 2.23. The second kappa shape index (κ2) is 10.1. The van der Waals surface area contributed by atoms with E-state index in [4.69, 9.17) is 0 Å². The summed E-state index contributed by atoms with van der Waals surface area (Å²) < 4.78 is 6.02. The summed E-state index contributed by atoms with van der Waals surface area (Å²) in [4.78, 5) is 49.2. The van der Waals surface area contributed by atoms with E-state index in [2.05, 4.69) is 9.97 Å². The Kier molecular flexibility index (Phi) is 7.18. The predicted molar refractivity (Wildman–Crippen MR) is 135 cm³/mol. The lowest BCUT2D eigenvalue weighted by atomic mass is 10.1. The van der Waals surface area contributed by atoms with Crippen molar-refractivity contribution in [2.45, 2.75) is 73.2 Å². The van der Waals surface area contributed by atoms with Crippen molar-refractivity contribution in [2.24, 2.45) is 0 Å². The lowest BCUT2D eigenvalue weighted by molar-refractivity contribution is 0.0968. The second-order valence-corrected chi connectivity index (χ2v) is 9.42. The van der Waals surface area contributed by atoms with E-state index in [-0.39, 0.29) is 30.1 Å². The molecule has 0 atom stereocenters. The van der Waals surface area contributed by atoms with Gasteiger partial charge in [0.15, 0.2) is 22.1 Å². The van der Waals surface area contributed by atoms with E-state index < -0.39 is 11.2 Å². The molecule has 0 fully saturated rings. The average Bonchev–Trinajstić information content (AvgIpc) is 3.55. The van der Waals surface area contributed by atoms with Gasteiger partial charge < -0.3 is 9.67 Å². The summed E-state index contributed by atoms with van der Waals surface area (Å²) in [6.45, 7) is 7.79. The Morgan fingerprint density at radius 3 is 2.49 bits per heavy atom. The topological polar surface area (TPSA) is 117 Å². The van der Waals surface area contributed by atoms with Crippen LogP contribution in [0.2, 0.25) is 0 Å². The number of carbonyl (C=O) groups excluding carboxylic acids is 1. The number of unbranched alkanes of at least 4 members (excludes halogenated alkanes) is 1. The lowest BCUT2D eigenvalue weighted by Crippen LogP contribution is -2.42. The number of Topliss-reactive ketones (excluding diaryl/α,β-unsaturated/α-hetero) is 1. The Morgan fingerprint density at radius 2 is 1.86 bits per heavy atom. The van der Waals surface area contributed by atoms with Crippen molar-refractivity contribution < 1.29 is 9.90 Å². The van der Waals surface area contributed by atoms with E-state index in [1.807, 2.05) is 37.6 Å². The first-order chi connectivity index (χ1) is 16.8. The SMILES string of the molecule is CCCCn1c(=O)n(CC(=O)c2cc(C)n(-c3nccs3)c2C)c(=O)c2c1nc(CO)n2CCC. The molecule has 0 saturated carbocycles. The van der Waals surface area contributed by atoms with Gasteiger partial charge in [-0.2, -0.15) is 0 Å². The second-order valence-electron chi connectivity index (χ2n) is 8.55. The quantitative estimate of drug-likeness (QED) is 0.336. The van der Waals surface area contributed by atoms with Gasteiger partial charge in [0.2, 0.25) is 0 Å². The molecule has 0 unspecified atom stereocenters. The van der Waals surface area contributed by atoms with E-state index >= 15 is 0 Å². The van der Waals surface area contributed by atoms with Crippen LogP contribution >= 0.6 is 11.3 Å². The van der Waals surface area contributed by atoms with Gasteiger partial charge in [0.25, 0.3) is 5.56 Å². The van der Waals surface area contributed by atoms with E-state index in [1.165, 1.54) is 15.9 Å². The first-order valence-electron chi connectivity index (χ1n) is 11.8. The molecule has 0 aliphatic rings. The van der Waals surface area contributed by atoms with Crippen molar-refractivity contribution >= 4 is 28.3 Å². The largest absolute Gasteiger partial charge is 0.388 e. The molecule has 0 aliphatic heterocycles. The lowest BCUT2D eigenvalue weighted by Gasteiger charge is -2.12. The van der Waals surface area contributed by atoms with Crippen molar-refractivity contribution in [2.75, 3.05) is 0 Å². The minimum atomic E-state index is -0.569. The number of aliphatic hydroxyl groups is 1. The Balaban J connectivity index is 1.86. The van der Waals surface area contributed by atoms with E-state index in [9.17, 15) is 19.5 Å². The molecule has 4 aromatic rings. The molecule has 4 heterocycles. The molecule has 0 aromatic carbocycles. The van der Waals surface area contributed by atoms with Crippen LogP contribution in [0.25, 0.3) is 16.3 Å². The summed E-state index contributed by atoms with van der Waals surface area (Å²) >= 11 is 1.46. The number of aliphatic hydroxyl groups excluding tert-OH is 1. The number of fused-ring (bicyclic) bond motifs is 1. The molecule has 0 bridgehead atoms. The molecule has 35 heavy (non-hydrogen) atoms. The third kappa shape index (κ3) is 4.30. The van der Waals surface area contributed by atoms with Gasteiger partial charge in [-0.25, -0.2) is 14.8 Å². The van der Waals surface area contributed by atoms with Gasteiger partial charge >= 0.3 is 5.69 Å². The standard InChI is InChI=1S/C24H30N6O4S/c1-5-7-10-28-21-20(27(9-6-2)19(14-31)26-21)22(33)29(24(28)34)13-18(32)17-12-15(3)30(16(17)4)23-25-8-11-35-23/h8,11-12,31H,5-7,9-10,13-14H2,1-4H3. The number of imidazole rings is 1. The van der Waals surface area contributed by atoms with Gasteiger partial charge in [0.1, 0.15) is 12.4 Å². The Morgan fingerprint density at radius 1 is 1.09 bits per heavy atom. The number of aryl methyl sites for hydroxylation is 3. The molecule has 4 rings (SSSR count). The molecule has 0 amide bonds. The molecule has 0 saturated heterocycles. The van der Waals surface area contributed by atoms with Crippen LogP contribution in [0.5, 0.6) is 0 Å². The van der Waals surface area contributed by atoms with E-state index in [0.29, 0.717) is 43.0 Å². The molecular weight excluding hydrogens is 468 g/mol. The smallest absolute Gasteiger partial charge is 0.333 e. The van der Waals surface area contributed by atoms with Gasteiger partial charge in [-0.15, -0.1) is 11.3 Å². The van der Waals surface area contributed by atoms with E-state index in [1.54, 1.807) is 16.8 Å². The average molecular weight is 499 g/mol. The summed E-state index contributed by atoms with van der Waals surface area (Å²) in [7, 11) is 0. The van der Waals surface area contributed by atoms with Crippen molar-refractivity contribution in [3.63, 3.8) is 0 Å². The molecular formula is C24H30N6O4S. The van der Waals surface area contributed by atoms with Crippen molar-refractivity contribution in [1.29, 1.82) is 0 Å². The molecule has 0 spiro atoms. The number of carbonyl (C=O) groups is 1. The van der Waals surface area contributed by atoms with Gasteiger partial charge in [-0.3, -0.25) is 23.3 Å². The van der Waals surface area contributed by atoms with Crippen LogP contribution in [0.1, 0.15) is 60.7 Å². The van der Waals surface area contributed by atoms with Crippen LogP contribution in [0.15, 0.2) is 27.2 Å². The van der Waals surface area contributed by atoms with Gasteiger partial charge in [0.05, 0.1) is 6.54 Å². The fourth-order valence-electron chi connectivity index (χ4n) is 4.47. The first-order valence-corrected chi connectivity index (χ1v) is 12.7. The Hall–Kier alpha value is -3.31. The summed E-state index contributed by atoms with van der Waals surface area (Å²) in [5.74, 6) is 0.00473. The molecule has 1 N–H and O–H groups in total. The predicted octanol–water partition coefficient (Wildman–Crippen LogP) is 2.81. The highest BCUT2D eigenvalue weighted by atomic mass is 32.1. The number of nitrogens with zero attached hydrogens (tertiary/aromatic N) is 6. The van der Waals surface area contributed by atoms with Crippen molar-refractivity contribution in [3.05, 3.63) is 61.3 Å². The number of rotatable bonds is 10. The number of thiazole rings is 1. The maximum Gasteiger partial charge on any atom is 0.333 e. The fourth-order valence-corrected chi connectivity index (χ4v) is 5.22. The molecule has 186 valence electrons. The maximum absolute atomic E-state index is 13.6. The molecule has 4 aromatic heterocycles. The van der Waals surface area contributed by atoms with Crippen LogP contribution in [0.3, 0.4) is 0 Å². The van der Waals surface area contributed by atoms with Gasteiger partial charge in [-0.1, -0.05) is 20.3 Å². The van der Waals surface area contributed by atoms with E-state index in [0.717, 1.165) is 21.8 Å². The minimum Gasteiger partial charge on any atom is -0.388 e. The summed E-state index contributed by atoms with van der Waals surface area (Å²) in [6.07, 6.45) is 3.98. The summed E-state index contributed by atoms with van der Waals surface area (Å²) in [5, 5.41) is 12.4. The number of hydrogen-bond acceptors (Lipinski definition) is 7. The number of aromatic nitrogens is 6. The highest BCUT2D eigenvalue weighted by Gasteiger charge is 2.24. The highest BCUT2D eigenvalue weighted by molar-refractivity contribution is 7.12. The molecule has 10 nitrogen and oxygen atoms in total. The third-order valence-electron chi connectivity index (χ3n) is 6.16. The zero-order valence-corrected chi connectivity index (χ0v) is 21.3. The zero-order valence-electron chi connectivity index (χ0n) is 20.4. The van der Waals surface area contributed by atoms with Crippen LogP contribution in [0.4, 0.5) is 0 Å². The fraction of sp³-hybridized carbons (Fsp3) is 0.458. The Bertz CT molecular complexity index is 1490. The summed E-state index contributed by atoms with van der Waals surface area (Å²) in [6, 6.07) is 1.77. The monoisotopic (exact) mass is 498 g/mol. The third-order valence-corrected chi connectivity index (χ3v) is 6.92. The minimum absolute atomic E-state index is 0.243. The molecule has 0 radical (unpaired) electrons. The van der Waals surface area contributed by atoms with Crippen LogP contribution in [-0.4, -0.2) is 39.1 Å². The Labute approximate surface area is 206 Å². The van der Waals surface area contributed by atoms with Crippen molar-refractivity contribution in [3.8, 4) is 5.13 Å². The normalized spacial score (nSPS) is 11.6. The molecule has 11 heteroatoms. The van der Waals surface area contributed by atoms with Gasteiger partial charge in [-0.05, 0) is 32.8 Å². The van der Waals surface area contributed by atoms with Crippen LogP contribution in [-0.2, 0) is 26.2 Å². The van der Waals surface area contributed by atoms with Gasteiger partial charge in [0, 0.05) is 41.6 Å². The van der Waals surface area contributed by atoms with Crippen LogP contribution in [0, 0.1) is 13.8 Å². The van der Waals surface area contributed by atoms with Crippen LogP contribution < -0.4 is 11.2 Å². The maximum atomic E-state index is 13.6. The first kappa shape index (κ1) is 24.8. The number of hydrogen-bond donors (Lipinski definition) is 1. The zero-order chi connectivity index (χ0) is 25.3. The summed E-state index contributed by atoms with van der Waals surface area (Å²) in [5.41, 5.74) is 1.37.